The molecule has 0 radical (unpaired) electrons. The summed E-state index contributed by atoms with van der Waals surface area (Å²) in [6.45, 7) is 18.3. The van der Waals surface area contributed by atoms with Crippen LogP contribution >= 0.6 is 0 Å². The summed E-state index contributed by atoms with van der Waals surface area (Å²) in [7, 11) is -0.396. The summed E-state index contributed by atoms with van der Waals surface area (Å²) in [4.78, 5) is 16.1. The molecule has 1 aliphatic rings. The van der Waals surface area contributed by atoms with Gasteiger partial charge in [-0.2, -0.15) is 4.80 Å². The second-order valence-corrected chi connectivity index (χ2v) is 16.6. The highest BCUT2D eigenvalue weighted by Gasteiger charge is 2.41. The monoisotopic (exact) mass is 515 g/mol. The van der Waals surface area contributed by atoms with E-state index >= 15 is 0 Å². The Morgan fingerprint density at radius 2 is 1.81 bits per heavy atom. The van der Waals surface area contributed by atoms with Crippen molar-refractivity contribution in [2.45, 2.75) is 84.3 Å². The molecular weight excluding hydrogens is 474 g/mol. The fourth-order valence-electron chi connectivity index (χ4n) is 3.59. The fourth-order valence-corrected chi connectivity index (χ4v) is 4.92. The molecule has 36 heavy (non-hydrogen) atoms. The molecule has 2 heterocycles. The van der Waals surface area contributed by atoms with Gasteiger partial charge in [-0.05, 0) is 79.9 Å². The smallest absolute Gasteiger partial charge is 0.410 e. The summed E-state index contributed by atoms with van der Waals surface area (Å²) < 4.78 is 17.6. The lowest BCUT2D eigenvalue weighted by Crippen LogP contribution is -2.50. The Hall–Kier alpha value is -2.72. The number of hydrogen-bond donors (Lipinski definition) is 0. The van der Waals surface area contributed by atoms with Crippen molar-refractivity contribution < 1.29 is 18.7 Å². The van der Waals surface area contributed by atoms with E-state index < -0.39 is 13.9 Å². The first kappa shape index (κ1) is 27.9. The van der Waals surface area contributed by atoms with Crippen molar-refractivity contribution >= 4 is 20.5 Å². The molecule has 1 saturated heterocycles. The number of ether oxygens (including phenoxy) is 2. The Balaban J connectivity index is 1.83. The molecule has 1 unspecified atom stereocenters. The maximum Gasteiger partial charge on any atom is 0.410 e. The number of likely N-dealkylation sites (tertiary alicyclic amines) is 1. The number of tetrazole rings is 1. The van der Waals surface area contributed by atoms with Crippen LogP contribution in [0.15, 0.2) is 29.8 Å². The molecule has 1 aliphatic heterocycles. The van der Waals surface area contributed by atoms with Gasteiger partial charge < -0.3 is 18.8 Å². The zero-order chi connectivity index (χ0) is 26.7. The second-order valence-electron chi connectivity index (χ2n) is 11.8. The SMILES string of the molecule is COc1ccc(Cn2nnc(/C=C3/CN(C(=O)OC(C)(C)C)CCC3O[Si](C)(C)C(C)(C)C)n2)cc1. The Bertz CT molecular complexity index is 1070. The number of aromatic nitrogens is 4. The van der Waals surface area contributed by atoms with Crippen molar-refractivity contribution in [3.63, 3.8) is 0 Å². The molecule has 1 amide bonds. The molecule has 0 N–H and O–H groups in total. The molecule has 1 aromatic heterocycles. The fraction of sp³-hybridized carbons (Fsp3) is 0.615. The Morgan fingerprint density at radius 1 is 1.14 bits per heavy atom. The summed E-state index contributed by atoms with van der Waals surface area (Å²) in [6, 6.07) is 7.77. The van der Waals surface area contributed by atoms with Crippen LogP contribution in [0.25, 0.3) is 6.08 Å². The van der Waals surface area contributed by atoms with Gasteiger partial charge in [0.05, 0.1) is 19.8 Å². The average molecular weight is 516 g/mol. The lowest BCUT2D eigenvalue weighted by molar-refractivity contribution is 0.0197. The summed E-state index contributed by atoms with van der Waals surface area (Å²) in [5, 5.41) is 13.1. The molecule has 198 valence electrons. The van der Waals surface area contributed by atoms with Crippen molar-refractivity contribution in [1.29, 1.82) is 0 Å². The highest BCUT2D eigenvalue weighted by Crippen LogP contribution is 2.39. The number of carbonyl (C=O) groups excluding carboxylic acids is 1. The van der Waals surface area contributed by atoms with E-state index in [2.05, 4.69) is 49.3 Å². The Labute approximate surface area is 215 Å². The number of carbonyl (C=O) groups is 1. The molecule has 3 rings (SSSR count). The first-order valence-electron chi connectivity index (χ1n) is 12.4. The minimum absolute atomic E-state index is 0.0696. The topological polar surface area (TPSA) is 91.6 Å². The standard InChI is InChI=1S/C26H41N5O4Si/c1-25(2,3)34-24(32)30-15-14-22(35-36(8,9)26(4,5)6)20(18-30)16-23-27-29-31(28-23)17-19-10-12-21(33-7)13-11-19/h10-13,16,22H,14-15,17-18H2,1-9H3/b20-16-. The number of methoxy groups -OCH3 is 1. The van der Waals surface area contributed by atoms with Crippen LogP contribution < -0.4 is 4.74 Å². The summed E-state index contributed by atoms with van der Waals surface area (Å²) in [5.74, 6) is 1.30. The van der Waals surface area contributed by atoms with Gasteiger partial charge in [0, 0.05) is 13.1 Å². The molecule has 2 aromatic rings. The van der Waals surface area contributed by atoms with Crippen molar-refractivity contribution in [3.05, 3.63) is 41.2 Å². The average Bonchev–Trinajstić information content (AvgIpc) is 3.20. The minimum atomic E-state index is -2.04. The molecular formula is C26H41N5O4Si. The van der Waals surface area contributed by atoms with Crippen molar-refractivity contribution in [3.8, 4) is 5.75 Å². The second kappa shape index (κ2) is 10.7. The van der Waals surface area contributed by atoms with Crippen LogP contribution in [0.3, 0.4) is 0 Å². The Morgan fingerprint density at radius 3 is 2.39 bits per heavy atom. The van der Waals surface area contributed by atoms with Crippen LogP contribution in [-0.4, -0.2) is 71.4 Å². The number of benzene rings is 1. The number of amides is 1. The lowest BCUT2D eigenvalue weighted by Gasteiger charge is -2.43. The molecule has 0 spiro atoms. The Kier molecular flexibility index (Phi) is 8.29. The maximum absolute atomic E-state index is 12.8. The van der Waals surface area contributed by atoms with E-state index in [4.69, 9.17) is 13.9 Å². The van der Waals surface area contributed by atoms with Gasteiger partial charge in [0.15, 0.2) is 14.1 Å². The van der Waals surface area contributed by atoms with Gasteiger partial charge >= 0.3 is 6.09 Å². The van der Waals surface area contributed by atoms with E-state index in [-0.39, 0.29) is 17.2 Å². The lowest BCUT2D eigenvalue weighted by atomic mass is 10.0. The third-order valence-corrected chi connectivity index (χ3v) is 11.1. The van der Waals surface area contributed by atoms with Crippen LogP contribution in [-0.2, 0) is 15.7 Å². The van der Waals surface area contributed by atoms with Gasteiger partial charge in [-0.3, -0.25) is 0 Å². The van der Waals surface area contributed by atoms with Crippen LogP contribution in [0.1, 0.15) is 59.4 Å². The molecule has 1 atom stereocenters. The van der Waals surface area contributed by atoms with Gasteiger partial charge in [-0.15, -0.1) is 10.2 Å². The molecule has 1 aromatic carbocycles. The first-order chi connectivity index (χ1) is 16.7. The van der Waals surface area contributed by atoms with Gasteiger partial charge in [0.1, 0.15) is 11.4 Å². The molecule has 1 fully saturated rings. The third-order valence-electron chi connectivity index (χ3n) is 6.61. The highest BCUT2D eigenvalue weighted by atomic mass is 28.4. The molecule has 0 aliphatic carbocycles. The predicted octanol–water partition coefficient (Wildman–Crippen LogP) is 5.14. The van der Waals surface area contributed by atoms with E-state index in [1.54, 1.807) is 16.8 Å². The van der Waals surface area contributed by atoms with Crippen LogP contribution in [0, 0.1) is 0 Å². The zero-order valence-electron chi connectivity index (χ0n) is 23.2. The van der Waals surface area contributed by atoms with E-state index in [0.717, 1.165) is 16.9 Å². The normalized spacial score (nSPS) is 18.4. The largest absolute Gasteiger partial charge is 0.497 e. The van der Waals surface area contributed by atoms with Crippen molar-refractivity contribution in [1.82, 2.24) is 25.1 Å². The number of piperidine rings is 1. The third kappa shape index (κ3) is 7.39. The number of rotatable bonds is 6. The van der Waals surface area contributed by atoms with Gasteiger partial charge in [-0.25, -0.2) is 4.79 Å². The maximum atomic E-state index is 12.8. The van der Waals surface area contributed by atoms with E-state index in [1.807, 2.05) is 51.1 Å². The van der Waals surface area contributed by atoms with Gasteiger partial charge in [0.25, 0.3) is 0 Å². The van der Waals surface area contributed by atoms with Gasteiger partial charge in [0.2, 0.25) is 0 Å². The quantitative estimate of drug-likeness (QED) is 0.492. The zero-order valence-corrected chi connectivity index (χ0v) is 24.2. The van der Waals surface area contributed by atoms with Crippen LogP contribution in [0.2, 0.25) is 18.1 Å². The van der Waals surface area contributed by atoms with E-state index in [0.29, 0.717) is 31.9 Å². The highest BCUT2D eigenvalue weighted by molar-refractivity contribution is 6.74. The molecule has 0 bridgehead atoms. The van der Waals surface area contributed by atoms with E-state index in [1.165, 1.54) is 0 Å². The summed E-state index contributed by atoms with van der Waals surface area (Å²) in [6.07, 6.45) is 2.16. The van der Waals surface area contributed by atoms with Crippen molar-refractivity contribution in [2.24, 2.45) is 0 Å². The number of nitrogens with zero attached hydrogens (tertiary/aromatic N) is 5. The minimum Gasteiger partial charge on any atom is -0.497 e. The van der Waals surface area contributed by atoms with Crippen LogP contribution in [0.4, 0.5) is 4.79 Å². The predicted molar refractivity (Wildman–Crippen MR) is 142 cm³/mol. The van der Waals surface area contributed by atoms with Crippen LogP contribution in [0.5, 0.6) is 5.75 Å². The first-order valence-corrected chi connectivity index (χ1v) is 15.3. The molecule has 9 nitrogen and oxygen atoms in total. The van der Waals surface area contributed by atoms with Crippen molar-refractivity contribution in [2.75, 3.05) is 20.2 Å². The summed E-state index contributed by atoms with van der Waals surface area (Å²) in [5.41, 5.74) is 1.45. The molecule has 0 saturated carbocycles. The van der Waals surface area contributed by atoms with Gasteiger partial charge in [-0.1, -0.05) is 32.9 Å². The van der Waals surface area contributed by atoms with E-state index in [9.17, 15) is 4.79 Å². The number of hydrogen-bond acceptors (Lipinski definition) is 7. The molecule has 10 heteroatoms. The summed E-state index contributed by atoms with van der Waals surface area (Å²) >= 11 is 0.